The van der Waals surface area contributed by atoms with Crippen molar-refractivity contribution in [1.82, 2.24) is 10.6 Å². The normalized spacial score (nSPS) is 18.3. The number of amides is 1. The van der Waals surface area contributed by atoms with Crippen LogP contribution in [0, 0.1) is 11.2 Å². The standard InChI is InChI=1S/C18H27FN2O4S/c1-14(26(23,24)16-5-3-15(19)4-6-16)11-17(22)21-12-18(13-25-2)7-9-20-10-8-18/h3-6,14,20H,7-13H2,1-2H3,(H,21,22). The molecule has 1 aromatic rings. The second-order valence-electron chi connectivity index (χ2n) is 6.97. The van der Waals surface area contributed by atoms with Crippen LogP contribution in [-0.2, 0) is 19.4 Å². The molecule has 0 spiro atoms. The number of hydrogen-bond donors (Lipinski definition) is 2. The molecular formula is C18H27FN2O4S. The monoisotopic (exact) mass is 386 g/mol. The van der Waals surface area contributed by atoms with Crippen molar-refractivity contribution in [2.24, 2.45) is 5.41 Å². The number of carbonyl (C=O) groups is 1. The molecule has 1 aromatic carbocycles. The van der Waals surface area contributed by atoms with E-state index in [4.69, 9.17) is 4.74 Å². The molecule has 1 unspecified atom stereocenters. The van der Waals surface area contributed by atoms with Gasteiger partial charge in [0.15, 0.2) is 9.84 Å². The SMILES string of the molecule is COCC1(CNC(=O)CC(C)S(=O)(=O)c2ccc(F)cc2)CCNCC1. The van der Waals surface area contributed by atoms with Gasteiger partial charge in [-0.05, 0) is 57.1 Å². The van der Waals surface area contributed by atoms with Gasteiger partial charge in [-0.1, -0.05) is 0 Å². The molecule has 0 bridgehead atoms. The molecule has 0 saturated carbocycles. The van der Waals surface area contributed by atoms with E-state index in [2.05, 4.69) is 10.6 Å². The number of ether oxygens (including phenoxy) is 1. The largest absolute Gasteiger partial charge is 0.384 e. The highest BCUT2D eigenvalue weighted by Gasteiger charge is 2.33. The van der Waals surface area contributed by atoms with Gasteiger partial charge in [0.1, 0.15) is 5.82 Å². The molecule has 0 aromatic heterocycles. The third-order valence-corrected chi connectivity index (χ3v) is 7.08. The van der Waals surface area contributed by atoms with E-state index in [1.807, 2.05) is 0 Å². The van der Waals surface area contributed by atoms with Crippen LogP contribution in [0.4, 0.5) is 4.39 Å². The van der Waals surface area contributed by atoms with Gasteiger partial charge in [0.25, 0.3) is 0 Å². The Morgan fingerprint density at radius 2 is 1.92 bits per heavy atom. The number of carbonyl (C=O) groups excluding carboxylic acids is 1. The minimum atomic E-state index is -3.68. The molecule has 1 amide bonds. The van der Waals surface area contributed by atoms with Gasteiger partial charge < -0.3 is 15.4 Å². The van der Waals surface area contributed by atoms with Crippen LogP contribution in [0.15, 0.2) is 29.2 Å². The van der Waals surface area contributed by atoms with E-state index >= 15 is 0 Å². The predicted molar refractivity (Wildman–Crippen MR) is 97.1 cm³/mol. The lowest BCUT2D eigenvalue weighted by Gasteiger charge is -2.37. The van der Waals surface area contributed by atoms with Gasteiger partial charge in [0, 0.05) is 25.5 Å². The molecule has 1 atom stereocenters. The number of piperidine rings is 1. The minimum absolute atomic E-state index is 0.0217. The summed E-state index contributed by atoms with van der Waals surface area (Å²) in [5.41, 5.74) is -0.116. The van der Waals surface area contributed by atoms with Crippen LogP contribution in [0.25, 0.3) is 0 Å². The zero-order valence-corrected chi connectivity index (χ0v) is 16.1. The lowest BCUT2D eigenvalue weighted by Crippen LogP contribution is -2.47. The third kappa shape index (κ3) is 5.25. The summed E-state index contributed by atoms with van der Waals surface area (Å²) in [5.74, 6) is -0.808. The van der Waals surface area contributed by atoms with Crippen molar-refractivity contribution in [3.8, 4) is 0 Å². The van der Waals surface area contributed by atoms with E-state index in [-0.39, 0.29) is 22.6 Å². The molecule has 26 heavy (non-hydrogen) atoms. The van der Waals surface area contributed by atoms with Crippen molar-refractivity contribution in [3.05, 3.63) is 30.1 Å². The average molecular weight is 386 g/mol. The molecule has 1 aliphatic rings. The Morgan fingerprint density at radius 1 is 1.31 bits per heavy atom. The maximum absolute atomic E-state index is 13.0. The zero-order chi connectivity index (χ0) is 19.2. The number of halogens is 1. The van der Waals surface area contributed by atoms with Crippen LogP contribution in [-0.4, -0.2) is 52.9 Å². The Balaban J connectivity index is 1.94. The van der Waals surface area contributed by atoms with Gasteiger partial charge in [-0.25, -0.2) is 12.8 Å². The van der Waals surface area contributed by atoms with Crippen molar-refractivity contribution in [2.75, 3.05) is 33.4 Å². The number of sulfone groups is 1. The van der Waals surface area contributed by atoms with Crippen LogP contribution in [0.5, 0.6) is 0 Å². The number of rotatable bonds is 8. The number of benzene rings is 1. The van der Waals surface area contributed by atoms with Gasteiger partial charge in [-0.3, -0.25) is 4.79 Å². The Kier molecular flexibility index (Phi) is 7.14. The molecule has 146 valence electrons. The summed E-state index contributed by atoms with van der Waals surface area (Å²) in [6.07, 6.45) is 1.65. The fraction of sp³-hybridized carbons (Fsp3) is 0.611. The van der Waals surface area contributed by atoms with Gasteiger partial charge in [0.05, 0.1) is 16.8 Å². The predicted octanol–water partition coefficient (Wildman–Crippen LogP) is 1.51. The highest BCUT2D eigenvalue weighted by atomic mass is 32.2. The van der Waals surface area contributed by atoms with E-state index in [1.165, 1.54) is 19.1 Å². The van der Waals surface area contributed by atoms with Crippen LogP contribution in [0.1, 0.15) is 26.2 Å². The quantitative estimate of drug-likeness (QED) is 0.662. The Labute approximate surface area is 154 Å². The summed E-state index contributed by atoms with van der Waals surface area (Å²) in [5, 5.41) is 5.27. The summed E-state index contributed by atoms with van der Waals surface area (Å²) in [4.78, 5) is 12.3. The molecule has 1 saturated heterocycles. The summed E-state index contributed by atoms with van der Waals surface area (Å²) in [6, 6.07) is 4.65. The van der Waals surface area contributed by atoms with E-state index in [0.717, 1.165) is 38.1 Å². The van der Waals surface area contributed by atoms with E-state index in [1.54, 1.807) is 7.11 Å². The third-order valence-electron chi connectivity index (χ3n) is 4.92. The molecule has 1 fully saturated rings. The van der Waals surface area contributed by atoms with Crippen molar-refractivity contribution in [1.29, 1.82) is 0 Å². The Hall–Kier alpha value is -1.51. The first-order chi connectivity index (χ1) is 12.3. The maximum atomic E-state index is 13.0. The van der Waals surface area contributed by atoms with E-state index in [0.29, 0.717) is 13.2 Å². The average Bonchev–Trinajstić information content (AvgIpc) is 2.61. The van der Waals surface area contributed by atoms with Crippen LogP contribution in [0.3, 0.4) is 0 Å². The molecule has 2 rings (SSSR count). The van der Waals surface area contributed by atoms with Gasteiger partial charge in [-0.2, -0.15) is 0 Å². The number of nitrogens with one attached hydrogen (secondary N) is 2. The van der Waals surface area contributed by atoms with Crippen LogP contribution >= 0.6 is 0 Å². The number of methoxy groups -OCH3 is 1. The van der Waals surface area contributed by atoms with Crippen LogP contribution in [0.2, 0.25) is 0 Å². The second kappa shape index (κ2) is 8.92. The van der Waals surface area contributed by atoms with Crippen LogP contribution < -0.4 is 10.6 Å². The highest BCUT2D eigenvalue weighted by Crippen LogP contribution is 2.28. The van der Waals surface area contributed by atoms with Gasteiger partial charge >= 0.3 is 0 Å². The molecule has 0 aliphatic carbocycles. The lowest BCUT2D eigenvalue weighted by atomic mass is 9.79. The molecule has 8 heteroatoms. The second-order valence-corrected chi connectivity index (χ2v) is 9.34. The summed E-state index contributed by atoms with van der Waals surface area (Å²) >= 11 is 0. The fourth-order valence-electron chi connectivity index (χ4n) is 3.22. The topological polar surface area (TPSA) is 84.5 Å². The Bertz CT molecular complexity index is 695. The first-order valence-electron chi connectivity index (χ1n) is 8.75. The Morgan fingerprint density at radius 3 is 2.50 bits per heavy atom. The number of hydrogen-bond acceptors (Lipinski definition) is 5. The smallest absolute Gasteiger partial charge is 0.221 e. The van der Waals surface area contributed by atoms with Crippen molar-refractivity contribution in [2.45, 2.75) is 36.3 Å². The minimum Gasteiger partial charge on any atom is -0.384 e. The zero-order valence-electron chi connectivity index (χ0n) is 15.3. The molecule has 6 nitrogen and oxygen atoms in total. The molecule has 0 radical (unpaired) electrons. The van der Waals surface area contributed by atoms with Crippen molar-refractivity contribution in [3.63, 3.8) is 0 Å². The molecule has 2 N–H and O–H groups in total. The van der Waals surface area contributed by atoms with Gasteiger partial charge in [-0.15, -0.1) is 0 Å². The molecular weight excluding hydrogens is 359 g/mol. The summed E-state index contributed by atoms with van der Waals surface area (Å²) in [7, 11) is -2.04. The van der Waals surface area contributed by atoms with Crippen molar-refractivity contribution < 1.29 is 22.3 Å². The molecule has 1 heterocycles. The highest BCUT2D eigenvalue weighted by molar-refractivity contribution is 7.92. The van der Waals surface area contributed by atoms with Crippen molar-refractivity contribution >= 4 is 15.7 Å². The molecule has 1 aliphatic heterocycles. The summed E-state index contributed by atoms with van der Waals surface area (Å²) in [6.45, 7) is 4.25. The summed E-state index contributed by atoms with van der Waals surface area (Å²) < 4.78 is 43.3. The van der Waals surface area contributed by atoms with E-state index in [9.17, 15) is 17.6 Å². The van der Waals surface area contributed by atoms with E-state index < -0.39 is 20.9 Å². The first-order valence-corrected chi connectivity index (χ1v) is 10.3. The fourth-order valence-corrected chi connectivity index (χ4v) is 4.57. The maximum Gasteiger partial charge on any atom is 0.221 e. The van der Waals surface area contributed by atoms with Gasteiger partial charge in [0.2, 0.25) is 5.91 Å². The first kappa shape index (κ1) is 20.8. The lowest BCUT2D eigenvalue weighted by molar-refractivity contribution is -0.122.